The average Bonchev–Trinajstić information content (AvgIpc) is 3.18. The molecule has 1 aliphatic heterocycles. The number of hydrogen-bond acceptors (Lipinski definition) is 3. The Morgan fingerprint density at radius 2 is 2.00 bits per heavy atom. The normalized spacial score (nSPS) is 19.4. The number of carbonyl (C=O) groups excluding carboxylic acids is 1. The molecule has 25 heavy (non-hydrogen) atoms. The summed E-state index contributed by atoms with van der Waals surface area (Å²) in [7, 11) is 0. The fraction of sp³-hybridized carbons (Fsp3) is 0.300. The summed E-state index contributed by atoms with van der Waals surface area (Å²) in [6.45, 7) is 4.65. The lowest BCUT2D eigenvalue weighted by Gasteiger charge is -2.23. The summed E-state index contributed by atoms with van der Waals surface area (Å²) in [6.07, 6.45) is 4.13. The molecule has 0 radical (unpaired) electrons. The summed E-state index contributed by atoms with van der Waals surface area (Å²) >= 11 is 0. The number of benzene rings is 2. The van der Waals surface area contributed by atoms with Crippen molar-refractivity contribution in [3.8, 4) is 0 Å². The average molecular weight is 335 g/mol. The van der Waals surface area contributed by atoms with Crippen LogP contribution in [0.3, 0.4) is 0 Å². The topological polar surface area (TPSA) is 67.2 Å². The maximum absolute atomic E-state index is 12.2. The van der Waals surface area contributed by atoms with Crippen LogP contribution in [0, 0.1) is 0 Å². The molecule has 1 aromatic heterocycles. The highest BCUT2D eigenvalue weighted by molar-refractivity contribution is 5.98. The Morgan fingerprint density at radius 3 is 2.80 bits per heavy atom. The maximum Gasteiger partial charge on any atom is 0.251 e. The second-order valence-electron chi connectivity index (χ2n) is 6.99. The van der Waals surface area contributed by atoms with Crippen LogP contribution in [0.2, 0.25) is 0 Å². The van der Waals surface area contributed by atoms with Crippen molar-refractivity contribution in [2.24, 2.45) is 0 Å². The van der Waals surface area contributed by atoms with Crippen LogP contribution in [0.25, 0.3) is 10.8 Å². The van der Waals surface area contributed by atoms with Crippen LogP contribution in [0.4, 0.5) is 0 Å². The molecule has 0 saturated carbocycles. The van der Waals surface area contributed by atoms with Crippen molar-refractivity contribution in [1.29, 1.82) is 0 Å². The highest BCUT2D eigenvalue weighted by Crippen LogP contribution is 2.39. The molecule has 1 atom stereocenters. The van der Waals surface area contributed by atoms with Gasteiger partial charge in [-0.3, -0.25) is 4.79 Å². The van der Waals surface area contributed by atoms with Gasteiger partial charge in [0.05, 0.1) is 18.2 Å². The van der Waals surface area contributed by atoms with Crippen molar-refractivity contribution >= 4 is 16.7 Å². The van der Waals surface area contributed by atoms with E-state index in [-0.39, 0.29) is 11.9 Å². The first kappa shape index (κ1) is 15.8. The van der Waals surface area contributed by atoms with E-state index in [1.807, 2.05) is 54.8 Å². The minimum atomic E-state index is -1.00. The van der Waals surface area contributed by atoms with Crippen LogP contribution >= 0.6 is 0 Å². The van der Waals surface area contributed by atoms with E-state index in [9.17, 15) is 9.90 Å². The van der Waals surface area contributed by atoms with Crippen LogP contribution in [-0.2, 0) is 12.1 Å². The lowest BCUT2D eigenvalue weighted by Crippen LogP contribution is -2.30. The minimum Gasteiger partial charge on any atom is -0.379 e. The third-order valence-electron chi connectivity index (χ3n) is 4.85. The van der Waals surface area contributed by atoms with Gasteiger partial charge in [0.2, 0.25) is 0 Å². The monoisotopic (exact) mass is 335 g/mol. The Balaban J connectivity index is 1.71. The van der Waals surface area contributed by atoms with Crippen molar-refractivity contribution in [2.75, 3.05) is 0 Å². The first-order valence-corrected chi connectivity index (χ1v) is 8.55. The van der Waals surface area contributed by atoms with Gasteiger partial charge in [-0.15, -0.1) is 0 Å². The summed E-state index contributed by atoms with van der Waals surface area (Å²) in [6, 6.07) is 11.7. The molecule has 1 aliphatic rings. The zero-order chi connectivity index (χ0) is 17.6. The predicted molar refractivity (Wildman–Crippen MR) is 96.4 cm³/mol. The fourth-order valence-electron chi connectivity index (χ4n) is 3.54. The number of amides is 1. The number of aliphatic hydroxyl groups is 1. The molecule has 128 valence electrons. The number of fused-ring (bicyclic) bond motifs is 2. The van der Waals surface area contributed by atoms with Crippen LogP contribution in [0.1, 0.15) is 41.9 Å². The van der Waals surface area contributed by atoms with E-state index in [0.717, 1.165) is 28.6 Å². The zero-order valence-corrected chi connectivity index (χ0v) is 14.4. The number of nitrogens with one attached hydrogen (secondary N) is 1. The summed E-state index contributed by atoms with van der Waals surface area (Å²) in [5.41, 5.74) is 1.34. The second kappa shape index (κ2) is 5.70. The van der Waals surface area contributed by atoms with Crippen molar-refractivity contribution < 1.29 is 9.90 Å². The molecule has 0 aliphatic carbocycles. The van der Waals surface area contributed by atoms with Gasteiger partial charge in [-0.25, -0.2) is 4.98 Å². The summed E-state index contributed by atoms with van der Waals surface area (Å²) in [5, 5.41) is 16.1. The Bertz CT molecular complexity index is 960. The smallest absolute Gasteiger partial charge is 0.251 e. The zero-order valence-electron chi connectivity index (χ0n) is 14.4. The molecule has 0 saturated heterocycles. The number of nitrogens with zero attached hydrogens (tertiary/aromatic N) is 2. The molecule has 5 heteroatoms. The van der Waals surface area contributed by atoms with E-state index < -0.39 is 5.60 Å². The first-order valence-electron chi connectivity index (χ1n) is 8.55. The summed E-state index contributed by atoms with van der Waals surface area (Å²) < 4.78 is 1.99. The second-order valence-corrected chi connectivity index (χ2v) is 6.99. The summed E-state index contributed by atoms with van der Waals surface area (Å²) in [4.78, 5) is 16.3. The quantitative estimate of drug-likeness (QED) is 0.773. The highest BCUT2D eigenvalue weighted by Gasteiger charge is 2.39. The van der Waals surface area contributed by atoms with Crippen molar-refractivity contribution in [3.05, 3.63) is 65.7 Å². The van der Waals surface area contributed by atoms with E-state index in [2.05, 4.69) is 10.3 Å². The molecule has 2 aromatic carbocycles. The first-order chi connectivity index (χ1) is 12.0. The molecular weight excluding hydrogens is 314 g/mol. The van der Waals surface area contributed by atoms with Gasteiger partial charge < -0.3 is 15.0 Å². The van der Waals surface area contributed by atoms with E-state index in [4.69, 9.17) is 0 Å². The van der Waals surface area contributed by atoms with Gasteiger partial charge in [0.15, 0.2) is 0 Å². The standard InChI is InChI=1S/C20H21N3O2/c1-13(2)22-19(24)16-4-3-15-10-17(6-5-14(15)9-16)20(25)7-8-23-12-21-11-18(20)23/h3-6,9-13,25H,7-8H2,1-2H3,(H,22,24)/t20-/m0/s1. The largest absolute Gasteiger partial charge is 0.379 e. The molecule has 1 amide bonds. The van der Waals surface area contributed by atoms with Gasteiger partial charge in [-0.1, -0.05) is 18.2 Å². The maximum atomic E-state index is 12.2. The van der Waals surface area contributed by atoms with Crippen LogP contribution in [-0.4, -0.2) is 26.6 Å². The van der Waals surface area contributed by atoms with E-state index in [1.165, 1.54) is 0 Å². The number of rotatable bonds is 3. The Morgan fingerprint density at radius 1 is 1.24 bits per heavy atom. The Kier molecular flexibility index (Phi) is 3.62. The molecule has 2 N–H and O–H groups in total. The predicted octanol–water partition coefficient (Wildman–Crippen LogP) is 2.81. The van der Waals surface area contributed by atoms with Gasteiger partial charge in [0, 0.05) is 24.6 Å². The van der Waals surface area contributed by atoms with Gasteiger partial charge in [-0.2, -0.15) is 0 Å². The third-order valence-corrected chi connectivity index (χ3v) is 4.85. The van der Waals surface area contributed by atoms with Gasteiger partial charge in [-0.05, 0) is 48.4 Å². The van der Waals surface area contributed by atoms with Crippen LogP contribution in [0.5, 0.6) is 0 Å². The summed E-state index contributed by atoms with van der Waals surface area (Å²) in [5.74, 6) is -0.0701. The van der Waals surface area contributed by atoms with E-state index in [0.29, 0.717) is 12.0 Å². The number of imidazole rings is 1. The molecule has 2 heterocycles. The Hall–Kier alpha value is -2.66. The molecular formula is C20H21N3O2. The number of hydrogen-bond donors (Lipinski definition) is 2. The lowest BCUT2D eigenvalue weighted by molar-refractivity contribution is 0.0826. The molecule has 0 bridgehead atoms. The van der Waals surface area contributed by atoms with Crippen molar-refractivity contribution in [2.45, 2.75) is 38.5 Å². The lowest BCUT2D eigenvalue weighted by atomic mass is 9.88. The highest BCUT2D eigenvalue weighted by atomic mass is 16.3. The van der Waals surface area contributed by atoms with Crippen LogP contribution in [0.15, 0.2) is 48.9 Å². The molecule has 0 unspecified atom stereocenters. The molecule has 5 nitrogen and oxygen atoms in total. The third kappa shape index (κ3) is 2.61. The molecule has 0 spiro atoms. The number of carbonyl (C=O) groups is 1. The molecule has 4 rings (SSSR count). The number of aromatic nitrogens is 2. The van der Waals surface area contributed by atoms with Crippen LogP contribution < -0.4 is 5.32 Å². The molecule has 3 aromatic rings. The fourth-order valence-corrected chi connectivity index (χ4v) is 3.54. The SMILES string of the molecule is CC(C)NC(=O)c1ccc2cc([C@@]3(O)CCn4cncc43)ccc2c1. The minimum absolute atomic E-state index is 0.0701. The van der Waals surface area contributed by atoms with Gasteiger partial charge in [0.25, 0.3) is 5.91 Å². The van der Waals surface area contributed by atoms with Gasteiger partial charge >= 0.3 is 0 Å². The Labute approximate surface area is 146 Å². The number of aryl methyl sites for hydroxylation is 1. The van der Waals surface area contributed by atoms with E-state index in [1.54, 1.807) is 12.5 Å². The van der Waals surface area contributed by atoms with Crippen molar-refractivity contribution in [1.82, 2.24) is 14.9 Å². The molecule has 0 fully saturated rings. The van der Waals surface area contributed by atoms with Gasteiger partial charge in [0.1, 0.15) is 5.60 Å². The van der Waals surface area contributed by atoms with E-state index >= 15 is 0 Å². The van der Waals surface area contributed by atoms with Crippen molar-refractivity contribution in [3.63, 3.8) is 0 Å².